The molecule has 0 atom stereocenters. The fourth-order valence-corrected chi connectivity index (χ4v) is 7.29. The molecule has 0 N–H and O–H groups in total. The summed E-state index contributed by atoms with van der Waals surface area (Å²) in [4.78, 5) is 0. The standard InChI is InChI=1S/C42H26N2O/c1-5-16-37-31(12-1)32-13-2-6-17-38(32)44(37)30-11-9-10-28(24-30)27-20-22-29(23-21-27)43-39-18-7-3-14-33(39)35-26-42-36(25-40(35)43)34-15-4-8-19-41(34)45-42/h1-26H. The van der Waals surface area contributed by atoms with Gasteiger partial charge in [0.1, 0.15) is 11.2 Å². The molecule has 0 aliphatic carbocycles. The minimum Gasteiger partial charge on any atom is -0.456 e. The lowest BCUT2D eigenvalue weighted by molar-refractivity contribution is 0.669. The van der Waals surface area contributed by atoms with Crippen LogP contribution in [0.15, 0.2) is 162 Å². The topological polar surface area (TPSA) is 23.0 Å². The van der Waals surface area contributed by atoms with Gasteiger partial charge in [-0.15, -0.1) is 0 Å². The minimum absolute atomic E-state index is 0.920. The van der Waals surface area contributed by atoms with E-state index in [-0.39, 0.29) is 0 Å². The first-order valence-corrected chi connectivity index (χ1v) is 15.4. The second-order valence-corrected chi connectivity index (χ2v) is 11.8. The van der Waals surface area contributed by atoms with Crippen molar-refractivity contribution >= 4 is 65.6 Å². The third kappa shape index (κ3) is 3.52. The molecule has 0 aliphatic rings. The second-order valence-electron chi connectivity index (χ2n) is 11.8. The Morgan fingerprint density at radius 3 is 1.58 bits per heavy atom. The summed E-state index contributed by atoms with van der Waals surface area (Å²) < 4.78 is 11.0. The van der Waals surface area contributed by atoms with Crippen LogP contribution in [0.2, 0.25) is 0 Å². The molecule has 3 heteroatoms. The Morgan fingerprint density at radius 1 is 0.311 bits per heavy atom. The maximum Gasteiger partial charge on any atom is 0.136 e. The first kappa shape index (κ1) is 24.4. The number of rotatable bonds is 3. The average molecular weight is 575 g/mol. The third-order valence-corrected chi connectivity index (χ3v) is 9.31. The van der Waals surface area contributed by atoms with Gasteiger partial charge in [0.05, 0.1) is 22.1 Å². The van der Waals surface area contributed by atoms with Gasteiger partial charge in [-0.3, -0.25) is 0 Å². The van der Waals surface area contributed by atoms with Crippen LogP contribution in [0.25, 0.3) is 88.1 Å². The molecule has 10 rings (SSSR count). The highest BCUT2D eigenvalue weighted by molar-refractivity contribution is 6.17. The van der Waals surface area contributed by atoms with E-state index < -0.39 is 0 Å². The predicted molar refractivity (Wildman–Crippen MR) is 188 cm³/mol. The Balaban J connectivity index is 1.12. The van der Waals surface area contributed by atoms with Crippen LogP contribution in [0.1, 0.15) is 0 Å². The van der Waals surface area contributed by atoms with Gasteiger partial charge in [-0.05, 0) is 71.8 Å². The fourth-order valence-electron chi connectivity index (χ4n) is 7.29. The van der Waals surface area contributed by atoms with Crippen LogP contribution in [0.3, 0.4) is 0 Å². The van der Waals surface area contributed by atoms with Gasteiger partial charge in [-0.25, -0.2) is 0 Å². The maximum absolute atomic E-state index is 6.26. The van der Waals surface area contributed by atoms with E-state index in [0.717, 1.165) is 33.3 Å². The van der Waals surface area contributed by atoms with Gasteiger partial charge in [-0.2, -0.15) is 0 Å². The van der Waals surface area contributed by atoms with Crippen molar-refractivity contribution in [3.63, 3.8) is 0 Å². The largest absolute Gasteiger partial charge is 0.456 e. The Kier molecular flexibility index (Phi) is 5.00. The molecule has 0 amide bonds. The number of hydrogen-bond donors (Lipinski definition) is 0. The summed E-state index contributed by atoms with van der Waals surface area (Å²) in [5.74, 6) is 0. The average Bonchev–Trinajstić information content (AvgIpc) is 3.75. The lowest BCUT2D eigenvalue weighted by Crippen LogP contribution is -1.95. The van der Waals surface area contributed by atoms with Gasteiger partial charge >= 0.3 is 0 Å². The third-order valence-electron chi connectivity index (χ3n) is 9.31. The molecule has 45 heavy (non-hydrogen) atoms. The molecule has 0 unspecified atom stereocenters. The summed E-state index contributed by atoms with van der Waals surface area (Å²) >= 11 is 0. The second kappa shape index (κ2) is 9.22. The summed E-state index contributed by atoms with van der Waals surface area (Å²) in [6.07, 6.45) is 0. The number of benzene rings is 7. The van der Waals surface area contributed by atoms with Crippen molar-refractivity contribution in [3.8, 4) is 22.5 Å². The van der Waals surface area contributed by atoms with Crippen LogP contribution in [0, 0.1) is 0 Å². The molecule has 3 aromatic heterocycles. The first-order valence-electron chi connectivity index (χ1n) is 15.4. The van der Waals surface area contributed by atoms with Crippen LogP contribution in [0.5, 0.6) is 0 Å². The van der Waals surface area contributed by atoms with Crippen molar-refractivity contribution in [2.75, 3.05) is 0 Å². The number of nitrogens with zero attached hydrogens (tertiary/aromatic N) is 2. The number of fused-ring (bicyclic) bond motifs is 9. The monoisotopic (exact) mass is 574 g/mol. The van der Waals surface area contributed by atoms with E-state index in [0.29, 0.717) is 0 Å². The van der Waals surface area contributed by atoms with Crippen LogP contribution in [-0.2, 0) is 0 Å². The first-order chi connectivity index (χ1) is 22.3. The Hall–Kier alpha value is -6.06. The van der Waals surface area contributed by atoms with E-state index in [4.69, 9.17) is 4.42 Å². The molecular formula is C42H26N2O. The van der Waals surface area contributed by atoms with Crippen molar-refractivity contribution in [2.45, 2.75) is 0 Å². The number of aromatic nitrogens is 2. The molecule has 0 spiro atoms. The van der Waals surface area contributed by atoms with E-state index in [2.05, 4.69) is 155 Å². The van der Waals surface area contributed by atoms with Gasteiger partial charge in [-0.1, -0.05) is 97.1 Å². The SMILES string of the molecule is c1cc(-c2ccc(-n3c4ccccc4c4cc5oc6ccccc6c5cc43)cc2)cc(-n2c3ccccc3c3ccccc32)c1. The molecule has 210 valence electrons. The molecule has 0 aliphatic heterocycles. The van der Waals surface area contributed by atoms with Crippen molar-refractivity contribution in [3.05, 3.63) is 158 Å². The van der Waals surface area contributed by atoms with Gasteiger partial charge < -0.3 is 13.6 Å². The molecular weight excluding hydrogens is 548 g/mol. The highest BCUT2D eigenvalue weighted by Gasteiger charge is 2.17. The zero-order chi connectivity index (χ0) is 29.5. The van der Waals surface area contributed by atoms with Crippen LogP contribution >= 0.6 is 0 Å². The highest BCUT2D eigenvalue weighted by Crippen LogP contribution is 2.39. The summed E-state index contributed by atoms with van der Waals surface area (Å²) in [6, 6.07) is 56.6. The number of para-hydroxylation sites is 4. The molecule has 3 nitrogen and oxygen atoms in total. The summed E-state index contributed by atoms with van der Waals surface area (Å²) in [5.41, 5.74) is 11.3. The summed E-state index contributed by atoms with van der Waals surface area (Å²) in [5, 5.41) is 7.24. The molecule has 7 aromatic carbocycles. The van der Waals surface area contributed by atoms with Gasteiger partial charge in [0.2, 0.25) is 0 Å². The molecule has 3 heterocycles. The van der Waals surface area contributed by atoms with E-state index in [9.17, 15) is 0 Å². The Bertz CT molecular complexity index is 2700. The summed E-state index contributed by atoms with van der Waals surface area (Å²) in [6.45, 7) is 0. The van der Waals surface area contributed by atoms with Crippen molar-refractivity contribution in [2.24, 2.45) is 0 Å². The molecule has 10 aromatic rings. The van der Waals surface area contributed by atoms with Crippen molar-refractivity contribution in [1.82, 2.24) is 9.13 Å². The number of hydrogen-bond acceptors (Lipinski definition) is 1. The molecule has 0 saturated heterocycles. The van der Waals surface area contributed by atoms with Crippen molar-refractivity contribution in [1.29, 1.82) is 0 Å². The quantitative estimate of drug-likeness (QED) is 0.206. The normalized spacial score (nSPS) is 12.0. The van der Waals surface area contributed by atoms with E-state index >= 15 is 0 Å². The smallest absolute Gasteiger partial charge is 0.136 e. The van der Waals surface area contributed by atoms with Crippen LogP contribution in [-0.4, -0.2) is 9.13 Å². The fraction of sp³-hybridized carbons (Fsp3) is 0. The minimum atomic E-state index is 0.920. The van der Waals surface area contributed by atoms with Crippen molar-refractivity contribution < 1.29 is 4.42 Å². The van der Waals surface area contributed by atoms with Gasteiger partial charge in [0.15, 0.2) is 0 Å². The van der Waals surface area contributed by atoms with E-state index in [1.165, 1.54) is 54.7 Å². The molecule has 0 saturated carbocycles. The van der Waals surface area contributed by atoms with Crippen LogP contribution in [0.4, 0.5) is 0 Å². The zero-order valence-corrected chi connectivity index (χ0v) is 24.3. The van der Waals surface area contributed by atoms with Gasteiger partial charge in [0.25, 0.3) is 0 Å². The molecule has 0 radical (unpaired) electrons. The van der Waals surface area contributed by atoms with E-state index in [1.54, 1.807) is 0 Å². The Morgan fingerprint density at radius 2 is 0.889 bits per heavy atom. The zero-order valence-electron chi connectivity index (χ0n) is 24.3. The molecule has 0 fully saturated rings. The number of furan rings is 1. The van der Waals surface area contributed by atoms with Crippen LogP contribution < -0.4 is 0 Å². The highest BCUT2D eigenvalue weighted by atomic mass is 16.3. The maximum atomic E-state index is 6.26. The summed E-state index contributed by atoms with van der Waals surface area (Å²) in [7, 11) is 0. The van der Waals surface area contributed by atoms with Gasteiger partial charge in [0, 0.05) is 43.7 Å². The predicted octanol–water partition coefficient (Wildman–Crippen LogP) is 11.4. The molecule has 0 bridgehead atoms. The van der Waals surface area contributed by atoms with E-state index in [1.807, 2.05) is 12.1 Å². The lowest BCUT2D eigenvalue weighted by atomic mass is 10.0. The Labute approximate surface area is 258 Å². The lowest BCUT2D eigenvalue weighted by Gasteiger charge is -2.12.